The summed E-state index contributed by atoms with van der Waals surface area (Å²) in [5.74, 6) is -5.67. The first-order valence-electron chi connectivity index (χ1n) is 11.4. The minimum absolute atomic E-state index is 0.198. The molecule has 0 bridgehead atoms. The summed E-state index contributed by atoms with van der Waals surface area (Å²) < 4.78 is 16.8. The van der Waals surface area contributed by atoms with E-state index in [2.05, 4.69) is 6.58 Å². The molecule has 0 amide bonds. The van der Waals surface area contributed by atoms with Crippen molar-refractivity contribution in [3.8, 4) is 0 Å². The van der Waals surface area contributed by atoms with Crippen molar-refractivity contribution in [1.82, 2.24) is 0 Å². The number of esters is 1. The molecule has 1 spiro atoms. The van der Waals surface area contributed by atoms with Crippen molar-refractivity contribution in [3.63, 3.8) is 0 Å². The number of rotatable bonds is 8. The first kappa shape index (κ1) is 26.7. The van der Waals surface area contributed by atoms with Crippen molar-refractivity contribution in [3.05, 3.63) is 24.3 Å². The van der Waals surface area contributed by atoms with Gasteiger partial charge in [-0.05, 0) is 12.8 Å². The fourth-order valence-electron chi connectivity index (χ4n) is 5.70. The quantitative estimate of drug-likeness (QED) is 0.185. The number of carbonyl (C=O) groups excluding carboxylic acids is 1. The van der Waals surface area contributed by atoms with Crippen molar-refractivity contribution >= 4 is 11.9 Å². The molecular formula is C23H34O11. The Labute approximate surface area is 197 Å². The van der Waals surface area contributed by atoms with Gasteiger partial charge in [-0.1, -0.05) is 25.0 Å². The lowest BCUT2D eigenvalue weighted by Gasteiger charge is -2.53. The molecule has 0 aromatic heterocycles. The lowest BCUT2D eigenvalue weighted by molar-refractivity contribution is -0.392. The number of methoxy groups -OCH3 is 1. The Kier molecular flexibility index (Phi) is 8.18. The van der Waals surface area contributed by atoms with Crippen LogP contribution >= 0.6 is 0 Å². The van der Waals surface area contributed by atoms with Crippen LogP contribution in [0.25, 0.3) is 0 Å². The highest BCUT2D eigenvalue weighted by atomic mass is 16.7. The highest BCUT2D eigenvalue weighted by molar-refractivity contribution is 5.90. The monoisotopic (exact) mass is 486 g/mol. The maximum Gasteiger partial charge on any atom is 0.333 e. The summed E-state index contributed by atoms with van der Waals surface area (Å²) >= 11 is 0. The first-order chi connectivity index (χ1) is 16.1. The first-order valence-corrected chi connectivity index (χ1v) is 11.4. The lowest BCUT2D eigenvalue weighted by Crippen LogP contribution is -2.69. The van der Waals surface area contributed by atoms with Gasteiger partial charge in [0.15, 0.2) is 0 Å². The Morgan fingerprint density at radius 1 is 1.21 bits per heavy atom. The topological polar surface area (TPSA) is 183 Å². The second kappa shape index (κ2) is 10.4. The number of ether oxygens (including phenoxy) is 3. The summed E-state index contributed by atoms with van der Waals surface area (Å²) in [6, 6.07) is 0. The summed E-state index contributed by atoms with van der Waals surface area (Å²) in [5.41, 5.74) is -0.596. The van der Waals surface area contributed by atoms with E-state index in [-0.39, 0.29) is 5.57 Å². The Morgan fingerprint density at radius 3 is 2.35 bits per heavy atom. The van der Waals surface area contributed by atoms with Gasteiger partial charge in [0, 0.05) is 22.8 Å². The molecule has 1 heterocycles. The third kappa shape index (κ3) is 4.53. The number of aliphatic hydroxyl groups excluding tert-OH is 5. The van der Waals surface area contributed by atoms with Gasteiger partial charge in [-0.3, -0.25) is 4.79 Å². The van der Waals surface area contributed by atoms with Crippen molar-refractivity contribution in [2.24, 2.45) is 17.3 Å². The summed E-state index contributed by atoms with van der Waals surface area (Å²) in [5, 5.41) is 60.7. The number of aliphatic carboxylic acids is 1. The molecule has 34 heavy (non-hydrogen) atoms. The van der Waals surface area contributed by atoms with Gasteiger partial charge in [-0.25, -0.2) is 4.79 Å². The molecule has 2 aliphatic carbocycles. The second-order valence-corrected chi connectivity index (χ2v) is 9.32. The smallest absolute Gasteiger partial charge is 0.333 e. The number of hydrogen-bond donors (Lipinski definition) is 6. The van der Waals surface area contributed by atoms with Crippen molar-refractivity contribution in [2.45, 2.75) is 68.4 Å². The van der Waals surface area contributed by atoms with E-state index in [9.17, 15) is 40.2 Å². The molecule has 6 N–H and O–H groups in total. The Balaban J connectivity index is 2.12. The second-order valence-electron chi connectivity index (χ2n) is 9.32. The number of aliphatic hydroxyl groups is 5. The van der Waals surface area contributed by atoms with Gasteiger partial charge in [0.1, 0.15) is 31.0 Å². The van der Waals surface area contributed by atoms with E-state index < -0.39 is 85.1 Å². The number of carbonyl (C=O) groups is 2. The Bertz CT molecular complexity index is 803. The predicted octanol–water partition coefficient (Wildman–Crippen LogP) is -0.899. The number of hydrogen-bond acceptors (Lipinski definition) is 10. The van der Waals surface area contributed by atoms with E-state index in [0.29, 0.717) is 12.8 Å². The third-order valence-corrected chi connectivity index (χ3v) is 7.43. The van der Waals surface area contributed by atoms with Crippen LogP contribution in [0.3, 0.4) is 0 Å². The third-order valence-electron chi connectivity index (χ3n) is 7.43. The minimum Gasteiger partial charge on any atom is -0.481 e. The van der Waals surface area contributed by atoms with Crippen LogP contribution in [0, 0.1) is 17.3 Å². The Hall–Kier alpha value is -1.86. The van der Waals surface area contributed by atoms with Crippen molar-refractivity contribution in [2.75, 3.05) is 20.3 Å². The largest absolute Gasteiger partial charge is 0.481 e. The van der Waals surface area contributed by atoms with Gasteiger partial charge in [-0.15, -0.1) is 6.58 Å². The van der Waals surface area contributed by atoms with Crippen LogP contribution in [-0.4, -0.2) is 99.2 Å². The van der Waals surface area contributed by atoms with Gasteiger partial charge in [0.2, 0.25) is 5.79 Å². The lowest BCUT2D eigenvalue weighted by atomic mass is 9.62. The van der Waals surface area contributed by atoms with Crippen LogP contribution in [-0.2, 0) is 23.8 Å². The molecule has 3 aliphatic rings. The molecule has 0 radical (unpaired) electrons. The summed E-state index contributed by atoms with van der Waals surface area (Å²) in [4.78, 5) is 24.3. The molecule has 8 unspecified atom stereocenters. The minimum atomic E-state index is -2.22. The molecular weight excluding hydrogens is 452 g/mol. The van der Waals surface area contributed by atoms with Gasteiger partial charge in [0.25, 0.3) is 0 Å². The zero-order valence-corrected chi connectivity index (χ0v) is 19.1. The van der Waals surface area contributed by atoms with Crippen LogP contribution in [0.5, 0.6) is 0 Å². The highest BCUT2D eigenvalue weighted by Crippen LogP contribution is 2.55. The maximum atomic E-state index is 12.6. The fourth-order valence-corrected chi connectivity index (χ4v) is 5.70. The van der Waals surface area contributed by atoms with Crippen LogP contribution in [0.4, 0.5) is 0 Å². The average Bonchev–Trinajstić information content (AvgIpc) is 3.29. The summed E-state index contributed by atoms with van der Waals surface area (Å²) in [6.07, 6.45) is -2.14. The van der Waals surface area contributed by atoms with Gasteiger partial charge < -0.3 is 44.8 Å². The molecule has 1 saturated heterocycles. The molecule has 1 aliphatic heterocycles. The van der Waals surface area contributed by atoms with E-state index in [1.807, 2.05) is 0 Å². The zero-order valence-electron chi connectivity index (χ0n) is 19.1. The van der Waals surface area contributed by atoms with Gasteiger partial charge in [-0.2, -0.15) is 0 Å². The summed E-state index contributed by atoms with van der Waals surface area (Å²) in [7, 11) is 1.21. The maximum absolute atomic E-state index is 12.6. The van der Waals surface area contributed by atoms with Crippen molar-refractivity contribution in [1.29, 1.82) is 0 Å². The summed E-state index contributed by atoms with van der Waals surface area (Å²) in [6.45, 7) is 2.19. The van der Waals surface area contributed by atoms with E-state index in [1.165, 1.54) is 13.2 Å². The van der Waals surface area contributed by atoms with Crippen LogP contribution < -0.4 is 0 Å². The number of carboxylic acids is 1. The molecule has 3 rings (SSSR count). The van der Waals surface area contributed by atoms with Crippen LogP contribution in [0.2, 0.25) is 0 Å². The van der Waals surface area contributed by atoms with Crippen molar-refractivity contribution < 1.29 is 54.4 Å². The molecule has 11 heteroatoms. The molecule has 11 nitrogen and oxygen atoms in total. The highest BCUT2D eigenvalue weighted by Gasteiger charge is 2.60. The molecule has 192 valence electrons. The van der Waals surface area contributed by atoms with E-state index in [1.54, 1.807) is 6.08 Å². The molecule has 8 atom stereocenters. The van der Waals surface area contributed by atoms with Crippen LogP contribution in [0.1, 0.15) is 32.1 Å². The van der Waals surface area contributed by atoms with E-state index in [0.717, 1.165) is 12.8 Å². The number of carboxylic acid groups (broad SMARTS) is 1. The standard InChI is InChI=1S/C23H34O11/c1-3-12-13(8-16(26)27)14(21(31)32-2)9-22(6-4-5-7-22)20(12)34-23(11-25)19(30)18(29)17(28)15(10-24)33-23/h3,9,12-13,15,17-20,24-25,28-30H,1,4-8,10-11H2,2H3,(H,26,27). The van der Waals surface area contributed by atoms with Gasteiger partial charge >= 0.3 is 11.9 Å². The normalized spacial score (nSPS) is 39.5. The SMILES string of the molecule is C=CC1C(CC(=O)O)C(C(=O)OC)=CC2(CCCC2)C1OC1(CO)OC(CO)C(O)C(O)C1O. The average molecular weight is 487 g/mol. The van der Waals surface area contributed by atoms with Crippen LogP contribution in [0.15, 0.2) is 24.3 Å². The Morgan fingerprint density at radius 2 is 1.85 bits per heavy atom. The van der Waals surface area contributed by atoms with E-state index in [4.69, 9.17) is 14.2 Å². The fraction of sp³-hybridized carbons (Fsp3) is 0.739. The van der Waals surface area contributed by atoms with Gasteiger partial charge in [0.05, 0.1) is 26.2 Å². The molecule has 2 fully saturated rings. The zero-order chi connectivity index (χ0) is 25.3. The predicted molar refractivity (Wildman–Crippen MR) is 115 cm³/mol. The van der Waals surface area contributed by atoms with E-state index >= 15 is 0 Å². The molecule has 0 aromatic rings. The molecule has 0 aromatic carbocycles. The molecule has 1 saturated carbocycles.